The summed E-state index contributed by atoms with van der Waals surface area (Å²) in [4.78, 5) is 15.6. The minimum Gasteiger partial charge on any atom is -0.344 e. The number of para-hydroxylation sites is 1. The Bertz CT molecular complexity index is 884. The molecule has 0 saturated heterocycles. The average Bonchev–Trinajstić information content (AvgIpc) is 3.16. The number of amides is 1. The number of rotatable bonds is 4. The van der Waals surface area contributed by atoms with Gasteiger partial charge in [-0.15, -0.1) is 0 Å². The lowest BCUT2D eigenvalue weighted by Gasteiger charge is -2.20. The zero-order valence-electron chi connectivity index (χ0n) is 13.4. The van der Waals surface area contributed by atoms with Crippen LogP contribution in [0.2, 0.25) is 5.02 Å². The van der Waals surface area contributed by atoms with Gasteiger partial charge >= 0.3 is 0 Å². The van der Waals surface area contributed by atoms with Crippen molar-refractivity contribution in [2.75, 3.05) is 0 Å². The van der Waals surface area contributed by atoms with Crippen LogP contribution < -0.4 is 5.32 Å². The van der Waals surface area contributed by atoms with Crippen LogP contribution in [-0.2, 0) is 10.3 Å². The van der Waals surface area contributed by atoms with Crippen molar-refractivity contribution in [3.63, 3.8) is 0 Å². The molecule has 8 heteroatoms. The molecule has 24 heavy (non-hydrogen) atoms. The van der Waals surface area contributed by atoms with Crippen LogP contribution in [0.5, 0.6) is 0 Å². The molecule has 7 nitrogen and oxygen atoms in total. The summed E-state index contributed by atoms with van der Waals surface area (Å²) in [7, 11) is 0. The molecule has 0 bridgehead atoms. The van der Waals surface area contributed by atoms with Crippen LogP contribution in [0.3, 0.4) is 0 Å². The van der Waals surface area contributed by atoms with Gasteiger partial charge in [0.1, 0.15) is 0 Å². The summed E-state index contributed by atoms with van der Waals surface area (Å²) in [6, 6.07) is 7.38. The first-order valence-corrected chi connectivity index (χ1v) is 7.67. The summed E-state index contributed by atoms with van der Waals surface area (Å²) >= 11 is 6.17. The Morgan fingerprint density at radius 2 is 2.08 bits per heavy atom. The molecule has 0 aliphatic heterocycles. The predicted molar refractivity (Wildman–Crippen MR) is 88.7 cm³/mol. The highest BCUT2D eigenvalue weighted by Crippen LogP contribution is 2.24. The second-order valence-corrected chi connectivity index (χ2v) is 6.26. The van der Waals surface area contributed by atoms with Crippen molar-refractivity contribution < 1.29 is 9.32 Å². The van der Waals surface area contributed by atoms with Crippen molar-refractivity contribution in [3.8, 4) is 17.1 Å². The normalized spacial score (nSPS) is 11.5. The van der Waals surface area contributed by atoms with Crippen molar-refractivity contribution >= 4 is 17.5 Å². The van der Waals surface area contributed by atoms with Gasteiger partial charge in [-0.25, -0.2) is 4.68 Å². The maximum atomic E-state index is 11.3. The summed E-state index contributed by atoms with van der Waals surface area (Å²) in [5, 5.41) is 11.6. The Balaban J connectivity index is 1.89. The second kappa shape index (κ2) is 6.09. The quantitative estimate of drug-likeness (QED) is 0.785. The lowest BCUT2D eigenvalue weighted by molar-refractivity contribution is -0.120. The highest BCUT2D eigenvalue weighted by molar-refractivity contribution is 6.32. The fourth-order valence-electron chi connectivity index (χ4n) is 2.29. The fraction of sp³-hybridized carbons (Fsp3) is 0.250. The molecule has 0 aliphatic rings. The highest BCUT2D eigenvalue weighted by Gasteiger charge is 2.28. The number of benzene rings is 1. The molecule has 2 aromatic heterocycles. The van der Waals surface area contributed by atoms with Gasteiger partial charge in [0.05, 0.1) is 28.0 Å². The van der Waals surface area contributed by atoms with E-state index in [2.05, 4.69) is 20.6 Å². The minimum atomic E-state index is -0.730. The van der Waals surface area contributed by atoms with Crippen molar-refractivity contribution in [1.82, 2.24) is 25.2 Å². The number of hydrogen-bond donors (Lipinski definition) is 1. The van der Waals surface area contributed by atoms with Crippen LogP contribution in [0.4, 0.5) is 0 Å². The number of carbonyl (C=O) groups is 1. The lowest BCUT2D eigenvalue weighted by atomic mass is 10.1. The lowest BCUT2D eigenvalue weighted by Crippen LogP contribution is -2.40. The number of halogens is 1. The topological polar surface area (TPSA) is 85.8 Å². The number of hydrogen-bond acceptors (Lipinski definition) is 5. The Labute approximate surface area is 143 Å². The third kappa shape index (κ3) is 3.16. The first-order chi connectivity index (χ1) is 11.4. The molecular formula is C16H16ClN5O2. The molecule has 2 heterocycles. The number of carbonyl (C=O) groups excluding carboxylic acids is 1. The molecule has 0 saturated carbocycles. The Kier molecular flexibility index (Phi) is 4.11. The second-order valence-electron chi connectivity index (χ2n) is 5.85. The summed E-state index contributed by atoms with van der Waals surface area (Å²) in [6.45, 7) is 5.04. The largest absolute Gasteiger partial charge is 0.344 e. The van der Waals surface area contributed by atoms with Gasteiger partial charge in [-0.2, -0.15) is 10.1 Å². The first-order valence-electron chi connectivity index (χ1n) is 7.30. The molecule has 0 atom stereocenters. The monoisotopic (exact) mass is 345 g/mol. The summed E-state index contributed by atoms with van der Waals surface area (Å²) in [5.41, 5.74) is 0.683. The molecule has 0 unspecified atom stereocenters. The van der Waals surface area contributed by atoms with Crippen molar-refractivity contribution in [1.29, 1.82) is 0 Å². The first kappa shape index (κ1) is 16.2. The fourth-order valence-corrected chi connectivity index (χ4v) is 2.52. The molecule has 1 N–H and O–H groups in total. The van der Waals surface area contributed by atoms with E-state index >= 15 is 0 Å². The van der Waals surface area contributed by atoms with E-state index in [4.69, 9.17) is 16.1 Å². The van der Waals surface area contributed by atoms with Crippen molar-refractivity contribution in [2.45, 2.75) is 26.3 Å². The standard InChI is InChI=1S/C16H16ClN5O2/c1-10(23)20-16(2,3)15-19-14(24-21-15)11-8-18-22(9-11)13-7-5-4-6-12(13)17/h4-9H,1-3H3,(H,20,23). The van der Waals surface area contributed by atoms with Crippen LogP contribution in [0, 0.1) is 0 Å². The Morgan fingerprint density at radius 3 is 2.79 bits per heavy atom. The third-order valence-corrected chi connectivity index (χ3v) is 3.72. The molecule has 1 amide bonds. The van der Waals surface area contributed by atoms with Crippen LogP contribution >= 0.6 is 11.6 Å². The molecule has 3 rings (SSSR count). The molecule has 124 valence electrons. The van der Waals surface area contributed by atoms with Gasteiger partial charge in [-0.05, 0) is 26.0 Å². The maximum absolute atomic E-state index is 11.3. The van der Waals surface area contributed by atoms with Gasteiger partial charge in [-0.3, -0.25) is 4.79 Å². The number of nitrogens with zero attached hydrogens (tertiary/aromatic N) is 4. The predicted octanol–water partition coefficient (Wildman–Crippen LogP) is 2.95. The Hall–Kier alpha value is -2.67. The average molecular weight is 346 g/mol. The van der Waals surface area contributed by atoms with Gasteiger partial charge < -0.3 is 9.84 Å². The summed E-state index contributed by atoms with van der Waals surface area (Å²) in [6.07, 6.45) is 3.37. The van der Waals surface area contributed by atoms with Gasteiger partial charge in [0.15, 0.2) is 5.82 Å². The van der Waals surface area contributed by atoms with E-state index in [-0.39, 0.29) is 5.91 Å². The zero-order valence-corrected chi connectivity index (χ0v) is 14.2. The molecule has 1 aromatic carbocycles. The van der Waals surface area contributed by atoms with Gasteiger partial charge in [0.25, 0.3) is 5.89 Å². The van der Waals surface area contributed by atoms with Crippen LogP contribution in [-0.4, -0.2) is 25.8 Å². The van der Waals surface area contributed by atoms with Gasteiger partial charge in [-0.1, -0.05) is 28.9 Å². The van der Waals surface area contributed by atoms with E-state index in [1.807, 2.05) is 18.2 Å². The maximum Gasteiger partial charge on any atom is 0.261 e. The highest BCUT2D eigenvalue weighted by atomic mass is 35.5. The van der Waals surface area contributed by atoms with Crippen LogP contribution in [0.15, 0.2) is 41.2 Å². The van der Waals surface area contributed by atoms with E-state index in [1.54, 1.807) is 37.0 Å². The smallest absolute Gasteiger partial charge is 0.261 e. The van der Waals surface area contributed by atoms with E-state index in [9.17, 15) is 4.79 Å². The minimum absolute atomic E-state index is 0.169. The van der Waals surface area contributed by atoms with Crippen LogP contribution in [0.25, 0.3) is 17.1 Å². The summed E-state index contributed by atoms with van der Waals surface area (Å²) in [5.74, 6) is 0.540. The van der Waals surface area contributed by atoms with Crippen molar-refractivity contribution in [2.24, 2.45) is 0 Å². The van der Waals surface area contributed by atoms with E-state index in [0.29, 0.717) is 22.3 Å². The SMILES string of the molecule is CC(=O)NC(C)(C)c1noc(-c2cnn(-c3ccccc3Cl)c2)n1. The van der Waals surface area contributed by atoms with E-state index in [1.165, 1.54) is 6.92 Å². The zero-order chi connectivity index (χ0) is 17.3. The molecular weight excluding hydrogens is 330 g/mol. The van der Waals surface area contributed by atoms with Gasteiger partial charge in [0, 0.05) is 13.1 Å². The van der Waals surface area contributed by atoms with Gasteiger partial charge in [0.2, 0.25) is 5.91 Å². The third-order valence-electron chi connectivity index (χ3n) is 3.40. The Morgan fingerprint density at radius 1 is 1.33 bits per heavy atom. The van der Waals surface area contributed by atoms with E-state index < -0.39 is 5.54 Å². The summed E-state index contributed by atoms with van der Waals surface area (Å²) < 4.78 is 6.94. The molecule has 0 aliphatic carbocycles. The van der Waals surface area contributed by atoms with Crippen LogP contribution in [0.1, 0.15) is 26.6 Å². The van der Waals surface area contributed by atoms with Crippen molar-refractivity contribution in [3.05, 3.63) is 47.5 Å². The number of aromatic nitrogens is 4. The number of nitrogens with one attached hydrogen (secondary N) is 1. The molecule has 0 radical (unpaired) electrons. The molecule has 3 aromatic rings. The van der Waals surface area contributed by atoms with E-state index in [0.717, 1.165) is 5.69 Å². The molecule has 0 spiro atoms. The molecule has 0 fully saturated rings.